The van der Waals surface area contributed by atoms with Gasteiger partial charge in [-0.3, -0.25) is 0 Å². The largest absolute Gasteiger partial charge is 0.370 e. The Hall–Kier alpha value is -1.36. The zero-order chi connectivity index (χ0) is 13.7. The van der Waals surface area contributed by atoms with Gasteiger partial charge in [-0.15, -0.1) is 0 Å². The van der Waals surface area contributed by atoms with Crippen LogP contribution < -0.4 is 10.6 Å². The Balaban J connectivity index is 1.88. The first-order valence-corrected chi connectivity index (χ1v) is 7.27. The summed E-state index contributed by atoms with van der Waals surface area (Å²) in [6, 6.07) is 2.01. The van der Waals surface area contributed by atoms with Crippen LogP contribution in [-0.2, 0) is 0 Å². The minimum Gasteiger partial charge on any atom is -0.370 e. The number of nitrogens with one attached hydrogen (secondary N) is 2. The molecule has 1 aromatic rings. The maximum absolute atomic E-state index is 4.48. The SMILES string of the molecule is CCNc1nc(C)cc(NCC2CCN(CC)C2)n1. The van der Waals surface area contributed by atoms with Crippen LogP contribution in [0.2, 0.25) is 0 Å². The molecule has 1 atom stereocenters. The van der Waals surface area contributed by atoms with Crippen molar-refractivity contribution in [3.63, 3.8) is 0 Å². The molecule has 2 heterocycles. The van der Waals surface area contributed by atoms with Crippen LogP contribution in [0.3, 0.4) is 0 Å². The number of nitrogens with zero attached hydrogens (tertiary/aromatic N) is 3. The molecule has 1 fully saturated rings. The van der Waals surface area contributed by atoms with Crippen LogP contribution in [0, 0.1) is 12.8 Å². The van der Waals surface area contributed by atoms with E-state index in [4.69, 9.17) is 0 Å². The van der Waals surface area contributed by atoms with E-state index < -0.39 is 0 Å². The molecule has 1 unspecified atom stereocenters. The molecule has 0 bridgehead atoms. The standard InChI is InChI=1S/C14H25N5/c1-4-15-14-17-11(3)8-13(18-14)16-9-12-6-7-19(5-2)10-12/h8,12H,4-7,9-10H2,1-3H3,(H2,15,16,17,18). The summed E-state index contributed by atoms with van der Waals surface area (Å²) in [6.07, 6.45) is 1.28. The van der Waals surface area contributed by atoms with Crippen molar-refractivity contribution in [2.45, 2.75) is 27.2 Å². The lowest BCUT2D eigenvalue weighted by atomic mass is 10.1. The van der Waals surface area contributed by atoms with Crippen molar-refractivity contribution < 1.29 is 0 Å². The van der Waals surface area contributed by atoms with Gasteiger partial charge in [0.15, 0.2) is 0 Å². The smallest absolute Gasteiger partial charge is 0.224 e. The zero-order valence-corrected chi connectivity index (χ0v) is 12.2. The molecule has 1 saturated heterocycles. The van der Waals surface area contributed by atoms with Crippen molar-refractivity contribution in [2.24, 2.45) is 5.92 Å². The van der Waals surface area contributed by atoms with Gasteiger partial charge in [-0.25, -0.2) is 4.98 Å². The number of anilines is 2. The van der Waals surface area contributed by atoms with Gasteiger partial charge in [0.1, 0.15) is 5.82 Å². The van der Waals surface area contributed by atoms with Gasteiger partial charge in [0.2, 0.25) is 5.95 Å². The molecule has 5 heteroatoms. The van der Waals surface area contributed by atoms with E-state index in [0.717, 1.165) is 37.1 Å². The molecule has 2 N–H and O–H groups in total. The van der Waals surface area contributed by atoms with Gasteiger partial charge in [0.05, 0.1) is 0 Å². The first-order valence-electron chi connectivity index (χ1n) is 7.27. The van der Waals surface area contributed by atoms with Crippen molar-refractivity contribution in [1.29, 1.82) is 0 Å². The summed E-state index contributed by atoms with van der Waals surface area (Å²) in [4.78, 5) is 11.3. The topological polar surface area (TPSA) is 53.1 Å². The fourth-order valence-electron chi connectivity index (χ4n) is 2.51. The second-order valence-corrected chi connectivity index (χ2v) is 5.18. The molecule has 0 spiro atoms. The lowest BCUT2D eigenvalue weighted by Crippen LogP contribution is -2.22. The fourth-order valence-corrected chi connectivity index (χ4v) is 2.51. The van der Waals surface area contributed by atoms with E-state index in [1.807, 2.05) is 13.0 Å². The van der Waals surface area contributed by atoms with E-state index in [-0.39, 0.29) is 0 Å². The summed E-state index contributed by atoms with van der Waals surface area (Å²) in [5, 5.41) is 6.62. The van der Waals surface area contributed by atoms with Gasteiger partial charge in [0, 0.05) is 31.4 Å². The molecule has 5 nitrogen and oxygen atoms in total. The Kier molecular flexibility index (Phi) is 4.96. The van der Waals surface area contributed by atoms with Crippen LogP contribution in [0.5, 0.6) is 0 Å². The van der Waals surface area contributed by atoms with Gasteiger partial charge in [0.25, 0.3) is 0 Å². The minimum absolute atomic E-state index is 0.714. The molecule has 0 aliphatic carbocycles. The summed E-state index contributed by atoms with van der Waals surface area (Å²) < 4.78 is 0. The Bertz CT molecular complexity index is 407. The summed E-state index contributed by atoms with van der Waals surface area (Å²) >= 11 is 0. The van der Waals surface area contributed by atoms with Crippen LogP contribution in [0.15, 0.2) is 6.07 Å². The molecule has 2 rings (SSSR count). The highest BCUT2D eigenvalue weighted by Gasteiger charge is 2.20. The number of hydrogen-bond acceptors (Lipinski definition) is 5. The average molecular weight is 263 g/mol. The van der Waals surface area contributed by atoms with Gasteiger partial charge in [-0.2, -0.15) is 4.98 Å². The highest BCUT2D eigenvalue weighted by Crippen LogP contribution is 2.17. The molecular formula is C14H25N5. The maximum Gasteiger partial charge on any atom is 0.224 e. The third kappa shape index (κ3) is 4.06. The third-order valence-corrected chi connectivity index (χ3v) is 3.58. The van der Waals surface area contributed by atoms with Gasteiger partial charge < -0.3 is 15.5 Å². The number of aryl methyl sites for hydroxylation is 1. The summed E-state index contributed by atoms with van der Waals surface area (Å²) in [6.45, 7) is 11.7. The second kappa shape index (κ2) is 6.70. The highest BCUT2D eigenvalue weighted by atomic mass is 15.2. The monoisotopic (exact) mass is 263 g/mol. The molecule has 106 valence electrons. The van der Waals surface area contributed by atoms with E-state index in [2.05, 4.69) is 39.3 Å². The molecule has 0 radical (unpaired) electrons. The predicted molar refractivity (Wildman–Crippen MR) is 79.6 cm³/mol. The van der Waals surface area contributed by atoms with Crippen molar-refractivity contribution in [2.75, 3.05) is 43.4 Å². The Morgan fingerprint density at radius 3 is 2.84 bits per heavy atom. The highest BCUT2D eigenvalue weighted by molar-refractivity contribution is 5.42. The van der Waals surface area contributed by atoms with Crippen molar-refractivity contribution in [3.05, 3.63) is 11.8 Å². The van der Waals surface area contributed by atoms with E-state index in [0.29, 0.717) is 5.95 Å². The zero-order valence-electron chi connectivity index (χ0n) is 12.2. The summed E-state index contributed by atoms with van der Waals surface area (Å²) in [5.41, 5.74) is 0.995. The normalized spacial score (nSPS) is 19.6. The van der Waals surface area contributed by atoms with Crippen LogP contribution in [0.1, 0.15) is 26.0 Å². The van der Waals surface area contributed by atoms with Crippen molar-refractivity contribution in [1.82, 2.24) is 14.9 Å². The average Bonchev–Trinajstić information content (AvgIpc) is 2.84. The third-order valence-electron chi connectivity index (χ3n) is 3.58. The van der Waals surface area contributed by atoms with Crippen molar-refractivity contribution >= 4 is 11.8 Å². The number of rotatable bonds is 6. The van der Waals surface area contributed by atoms with E-state index in [1.165, 1.54) is 19.5 Å². The van der Waals surface area contributed by atoms with Crippen LogP contribution in [0.4, 0.5) is 11.8 Å². The Labute approximate surface area is 115 Å². The predicted octanol–water partition coefficient (Wildman–Crippen LogP) is 1.97. The molecule has 0 amide bonds. The molecule has 19 heavy (non-hydrogen) atoms. The number of aromatic nitrogens is 2. The number of likely N-dealkylation sites (tertiary alicyclic amines) is 1. The Morgan fingerprint density at radius 2 is 2.16 bits per heavy atom. The lowest BCUT2D eigenvalue weighted by molar-refractivity contribution is 0.345. The first-order chi connectivity index (χ1) is 9.21. The number of hydrogen-bond donors (Lipinski definition) is 2. The summed E-state index contributed by atoms with van der Waals surface area (Å²) in [5.74, 6) is 2.38. The molecule has 1 aliphatic heterocycles. The van der Waals surface area contributed by atoms with Gasteiger partial charge >= 0.3 is 0 Å². The van der Waals surface area contributed by atoms with Crippen LogP contribution in [0.25, 0.3) is 0 Å². The van der Waals surface area contributed by atoms with E-state index in [1.54, 1.807) is 0 Å². The maximum atomic E-state index is 4.48. The van der Waals surface area contributed by atoms with Gasteiger partial charge in [-0.1, -0.05) is 6.92 Å². The fraction of sp³-hybridized carbons (Fsp3) is 0.714. The molecule has 0 aromatic carbocycles. The van der Waals surface area contributed by atoms with Gasteiger partial charge in [-0.05, 0) is 39.3 Å². The molecule has 1 aliphatic rings. The summed E-state index contributed by atoms with van der Waals surface area (Å²) in [7, 11) is 0. The van der Waals surface area contributed by atoms with E-state index in [9.17, 15) is 0 Å². The van der Waals surface area contributed by atoms with Crippen LogP contribution >= 0.6 is 0 Å². The molecular weight excluding hydrogens is 238 g/mol. The quantitative estimate of drug-likeness (QED) is 0.822. The van der Waals surface area contributed by atoms with Crippen molar-refractivity contribution in [3.8, 4) is 0 Å². The first kappa shape index (κ1) is 14.1. The lowest BCUT2D eigenvalue weighted by Gasteiger charge is -2.14. The molecule has 1 aromatic heterocycles. The minimum atomic E-state index is 0.714. The van der Waals surface area contributed by atoms with E-state index >= 15 is 0 Å². The molecule has 0 saturated carbocycles. The Morgan fingerprint density at radius 1 is 1.32 bits per heavy atom. The second-order valence-electron chi connectivity index (χ2n) is 5.18. The van der Waals surface area contributed by atoms with Crippen LogP contribution in [-0.4, -0.2) is 47.6 Å².